The molecule has 0 atom stereocenters. The first-order chi connectivity index (χ1) is 68.7. The molecule has 0 saturated carbocycles. The molecule has 142 heavy (non-hydrogen) atoms. The number of methoxy groups -OCH3 is 1. The molecule has 25 nitrogen and oxygen atoms in total. The largest absolute Gasteiger partial charge is 0.508 e. The molecular formula is C114H95F2N9O16S. The van der Waals surface area contributed by atoms with Gasteiger partial charge in [-0.05, 0) is 224 Å². The molecule has 0 fully saturated rings. The number of nitrogens with zero attached hydrogens (tertiary/aromatic N) is 9. The number of aliphatic hydroxyl groups is 1. The van der Waals surface area contributed by atoms with Gasteiger partial charge in [0.2, 0.25) is 0 Å². The Kier molecular flexibility index (Phi) is 38.2. The summed E-state index contributed by atoms with van der Waals surface area (Å²) >= 11 is 5.26. The van der Waals surface area contributed by atoms with Crippen molar-refractivity contribution in [3.8, 4) is 73.8 Å². The lowest BCUT2D eigenvalue weighted by Gasteiger charge is -2.08. The molecule has 10 aromatic carbocycles. The lowest BCUT2D eigenvalue weighted by Crippen LogP contribution is -2.18. The van der Waals surface area contributed by atoms with E-state index in [-0.39, 0.29) is 68.1 Å². The number of aromatic carboxylic acids is 1. The van der Waals surface area contributed by atoms with Crippen molar-refractivity contribution in [3.05, 3.63) is 588 Å². The van der Waals surface area contributed by atoms with E-state index < -0.39 is 23.9 Å². The molecule has 0 spiro atoms. The van der Waals surface area contributed by atoms with E-state index in [0.717, 1.165) is 85.0 Å². The van der Waals surface area contributed by atoms with Crippen LogP contribution in [0.2, 0.25) is 0 Å². The average Bonchev–Trinajstić information content (AvgIpc) is 0.818. The van der Waals surface area contributed by atoms with Crippen molar-refractivity contribution in [2.45, 2.75) is 33.8 Å². The smallest absolute Gasteiger partial charge is 0.339 e. The van der Waals surface area contributed by atoms with Crippen LogP contribution in [-0.2, 0) is 11.3 Å². The van der Waals surface area contributed by atoms with E-state index >= 15 is 0 Å². The number of alkyl halides is 2. The zero-order chi connectivity index (χ0) is 101. The molecule has 712 valence electrons. The highest BCUT2D eigenvalue weighted by molar-refractivity contribution is 7.71. The van der Waals surface area contributed by atoms with Crippen molar-refractivity contribution < 1.29 is 48.3 Å². The number of hydrogen-bond acceptors (Lipinski definition) is 16. The third-order valence-corrected chi connectivity index (χ3v) is 20.9. The Bertz CT molecular complexity index is 8000. The molecule has 0 aliphatic heterocycles. The maximum Gasteiger partial charge on any atom is 0.339 e. The number of carbonyl (C=O) groups excluding carboxylic acids is 2. The Labute approximate surface area is 817 Å². The van der Waals surface area contributed by atoms with Gasteiger partial charge in [-0.25, -0.2) is 18.4 Å². The molecule has 0 radical (unpaired) electrons. The molecule has 0 saturated heterocycles. The highest BCUT2D eigenvalue weighted by atomic mass is 32.1. The number of halogens is 2. The van der Waals surface area contributed by atoms with Crippen molar-refractivity contribution in [1.29, 1.82) is 0 Å². The first-order valence-corrected chi connectivity index (χ1v) is 44.2. The number of esters is 1. The fraction of sp³-hybridized carbons (Fsp3) is 0.0526. The summed E-state index contributed by atoms with van der Waals surface area (Å²) in [6, 6.07) is 117. The summed E-state index contributed by atoms with van der Waals surface area (Å²) in [5.41, 5.74) is 12.2. The molecule has 28 heteroatoms. The fourth-order valence-electron chi connectivity index (χ4n) is 13.5. The summed E-state index contributed by atoms with van der Waals surface area (Å²) < 4.78 is 44.0. The average molecular weight is 1920 g/mol. The van der Waals surface area contributed by atoms with Gasteiger partial charge >= 0.3 is 11.9 Å². The number of phenols is 1. The lowest BCUT2D eigenvalue weighted by atomic mass is 10.1. The van der Waals surface area contributed by atoms with Crippen molar-refractivity contribution in [2.24, 2.45) is 0 Å². The van der Waals surface area contributed by atoms with Crippen LogP contribution in [0.3, 0.4) is 0 Å². The van der Waals surface area contributed by atoms with Gasteiger partial charge in [-0.2, -0.15) is 0 Å². The maximum atomic E-state index is 12.5. The number of aryl methyl sites for hydroxylation is 3. The van der Waals surface area contributed by atoms with Crippen molar-refractivity contribution >= 4 is 30.4 Å². The first-order valence-electron chi connectivity index (χ1n) is 43.8. The number of pyridine rings is 9. The molecule has 0 unspecified atom stereocenters. The number of aliphatic hydroxyl groups excluding tert-OH is 1. The Balaban J connectivity index is 0.000000153. The normalized spacial score (nSPS) is 10.2. The molecule has 19 rings (SSSR count). The van der Waals surface area contributed by atoms with E-state index in [2.05, 4.69) is 30.0 Å². The second-order valence-electron chi connectivity index (χ2n) is 30.8. The van der Waals surface area contributed by atoms with Gasteiger partial charge in [0.1, 0.15) is 10.4 Å². The predicted molar refractivity (Wildman–Crippen MR) is 550 cm³/mol. The third kappa shape index (κ3) is 30.1. The lowest BCUT2D eigenvalue weighted by molar-refractivity contribution is 0.0598. The summed E-state index contributed by atoms with van der Waals surface area (Å²) in [6.45, 7) is 5.76. The summed E-state index contributed by atoms with van der Waals surface area (Å²) in [5, 5.41) is 36.4. The van der Waals surface area contributed by atoms with Gasteiger partial charge in [0, 0.05) is 161 Å². The molecule has 0 bridgehead atoms. The van der Waals surface area contributed by atoms with Gasteiger partial charge in [-0.15, -0.1) is 0 Å². The van der Waals surface area contributed by atoms with E-state index in [1.807, 2.05) is 237 Å². The van der Waals surface area contributed by atoms with E-state index in [4.69, 9.17) is 27.5 Å². The molecular weight excluding hydrogens is 1820 g/mol. The van der Waals surface area contributed by atoms with Gasteiger partial charge < -0.3 is 29.7 Å². The Morgan fingerprint density at radius 1 is 0.324 bits per heavy atom. The van der Waals surface area contributed by atoms with Crippen LogP contribution < -0.4 is 44.5 Å². The number of benzene rings is 10. The van der Waals surface area contributed by atoms with Gasteiger partial charge in [-0.1, -0.05) is 200 Å². The Morgan fingerprint density at radius 2 is 0.641 bits per heavy atom. The minimum absolute atomic E-state index is 0.0223. The molecule has 0 aliphatic rings. The fourth-order valence-corrected chi connectivity index (χ4v) is 13.7. The summed E-state index contributed by atoms with van der Waals surface area (Å²) in [6.07, 6.45) is 12.7. The molecule has 0 amide bonds. The molecule has 0 aliphatic carbocycles. The Morgan fingerprint density at radius 3 is 1.06 bits per heavy atom. The van der Waals surface area contributed by atoms with Crippen LogP contribution >= 0.6 is 12.2 Å². The number of phenolic OH excluding ortho intramolecular Hbond substituents is 1. The second kappa shape index (κ2) is 52.3. The number of hydrogen-bond donors (Lipinski definition) is 4. The van der Waals surface area contributed by atoms with E-state index in [1.165, 1.54) is 119 Å². The van der Waals surface area contributed by atoms with Crippen LogP contribution in [0.1, 0.15) is 65.3 Å². The van der Waals surface area contributed by atoms with Crippen LogP contribution in [0.5, 0.6) is 11.5 Å². The van der Waals surface area contributed by atoms with E-state index in [9.17, 15) is 66.6 Å². The van der Waals surface area contributed by atoms with Crippen molar-refractivity contribution in [3.63, 3.8) is 0 Å². The number of rotatable bonds is 15. The monoisotopic (exact) mass is 1920 g/mol. The molecule has 9 aromatic heterocycles. The summed E-state index contributed by atoms with van der Waals surface area (Å²) in [4.78, 5) is 126. The summed E-state index contributed by atoms with van der Waals surface area (Å²) in [5.74, 6) is -1.54. The van der Waals surface area contributed by atoms with Gasteiger partial charge in [0.25, 0.3) is 50.9 Å². The minimum atomic E-state index is -2.57. The van der Waals surface area contributed by atoms with Crippen LogP contribution in [0.15, 0.2) is 495 Å². The number of carbonyl (C=O) groups is 3. The van der Waals surface area contributed by atoms with E-state index in [0.29, 0.717) is 28.2 Å². The third-order valence-electron chi connectivity index (χ3n) is 20.6. The quantitative estimate of drug-likeness (QED) is 0.0421. The van der Waals surface area contributed by atoms with E-state index in [1.54, 1.807) is 137 Å². The highest BCUT2D eigenvalue weighted by Crippen LogP contribution is 2.22. The SMILES string of the molecule is COC(=O)c1ccc(=O)n(-c2ccccc2)c1.Cc1cc(O)c(=O)n(-c2ccccc2)c1.Cc1ccc(=O)n(-c2ccc(O)cc2)c1.Cc1ccc(=S)n(-c2ccccc2)c1.O=C(O)c1ccc(=O)n(-c2ccccc2)c1.O=Cc1ccc(=O)n(-c2ccccc2)c1.O=c1ccc(-c2ccccc2)cn1-c1ccccc1.O=c1ccc(C(F)F)cn1-c1ccccc1.O=c1ccc(CO)cn1-c1ccccc1. The number of carboxylic acids is 1. The van der Waals surface area contributed by atoms with Gasteiger partial charge in [-0.3, -0.25) is 79.7 Å². The van der Waals surface area contributed by atoms with Crippen LogP contribution in [0, 0.1) is 25.4 Å². The first kappa shape index (κ1) is 104. The van der Waals surface area contributed by atoms with Crippen molar-refractivity contribution in [2.75, 3.05) is 7.11 Å². The van der Waals surface area contributed by atoms with Crippen LogP contribution in [0.4, 0.5) is 8.78 Å². The van der Waals surface area contributed by atoms with Gasteiger partial charge in [0.05, 0.1) is 24.8 Å². The number of ether oxygens (including phenoxy) is 1. The molecule has 4 N–H and O–H groups in total. The van der Waals surface area contributed by atoms with Gasteiger partial charge in [0.15, 0.2) is 12.0 Å². The number of para-hydroxylation sites is 8. The Hall–Kier alpha value is -18.8. The molecule has 19 aromatic rings. The summed E-state index contributed by atoms with van der Waals surface area (Å²) in [7, 11) is 1.31. The number of aromatic hydroxyl groups is 2. The van der Waals surface area contributed by atoms with Crippen LogP contribution in [-0.4, -0.2) is 86.9 Å². The standard InChI is InChI=1S/C17H13NO.C13H11NO3.C12H9F2NO.C12H9NO3.3C12H11NO2.C12H9NO2.C12H11NS/c19-17-12-11-15(14-7-3-1-4-8-14)13-18(17)16-9-5-2-6-10-16;1-17-13(16)10-7-8-12(15)14(9-10)11-5-3-2-4-6-11;13-12(14)9-6-7-11(16)15(8-9)10-4-2-1-3-5-10;14-11-7-6-9(12(15)16)8-13(11)10-4-2-1-3-5-10;1-9-2-7-12(15)13(8-9)10-3-5-11(14)6-4-10;1-9-7-11(14)12(15)13(8-9)10-5-3-2-4-6-10;2*14-9-10-6-7-12(15)13(8-10)11-4-2-1-3-5-11;1-10-7-8-12(14)13(9-10)11-5-3-2-4-6-11/h1-13H;2-9H,1H3;1-8,12H;1-8H,(H,15,16);2*2-8,14H,1H3;1-8,14H,9H2;1-9H;2-9H,1H3. The number of aromatic nitrogens is 9. The maximum absolute atomic E-state index is 12.5. The zero-order valence-corrected chi connectivity index (χ0v) is 77.9. The predicted octanol–water partition coefficient (Wildman–Crippen LogP) is 19.6. The van der Waals surface area contributed by atoms with Crippen LogP contribution in [0.25, 0.3) is 62.3 Å². The molecule has 9 heterocycles. The highest BCUT2D eigenvalue weighted by Gasteiger charge is 2.14. The van der Waals surface area contributed by atoms with Crippen molar-refractivity contribution in [1.82, 2.24) is 41.1 Å². The topological polar surface area (TPSA) is 322 Å². The second-order valence-corrected chi connectivity index (χ2v) is 31.2. The number of carboxylic acid groups (broad SMARTS) is 1. The number of aldehydes is 1. The zero-order valence-electron chi connectivity index (χ0n) is 77.0. The minimum Gasteiger partial charge on any atom is -0.508 e.